The molecular formula is C12H21NO2. The van der Waals surface area contributed by atoms with Crippen molar-refractivity contribution < 1.29 is 9.53 Å². The summed E-state index contributed by atoms with van der Waals surface area (Å²) in [5.41, 5.74) is 0. The second-order valence-electron chi connectivity index (χ2n) is 5.03. The second-order valence-corrected chi connectivity index (χ2v) is 5.03. The van der Waals surface area contributed by atoms with Gasteiger partial charge in [-0.05, 0) is 32.6 Å². The molecule has 3 atom stereocenters. The topological polar surface area (TPSA) is 29.5 Å². The number of carbonyl (C=O) groups is 1. The van der Waals surface area contributed by atoms with Crippen molar-refractivity contribution in [2.45, 2.75) is 58.3 Å². The third-order valence-electron chi connectivity index (χ3n) is 3.49. The second kappa shape index (κ2) is 4.12. The van der Waals surface area contributed by atoms with Crippen LogP contribution in [0.15, 0.2) is 0 Å². The molecule has 3 nitrogen and oxygen atoms in total. The third kappa shape index (κ3) is 2.03. The molecule has 3 unspecified atom stereocenters. The Morgan fingerprint density at radius 2 is 2.20 bits per heavy atom. The van der Waals surface area contributed by atoms with Crippen LogP contribution in [0.4, 0.5) is 0 Å². The number of ether oxygens (including phenoxy) is 1. The van der Waals surface area contributed by atoms with Gasteiger partial charge in [0, 0.05) is 13.0 Å². The minimum atomic E-state index is 0.271. The molecule has 0 N–H and O–H groups in total. The number of nitrogens with zero attached hydrogens (tertiary/aromatic N) is 1. The van der Waals surface area contributed by atoms with Crippen molar-refractivity contribution in [3.05, 3.63) is 0 Å². The molecule has 2 rings (SSSR count). The van der Waals surface area contributed by atoms with Crippen molar-refractivity contribution in [3.8, 4) is 0 Å². The Morgan fingerprint density at radius 3 is 2.73 bits per heavy atom. The molecule has 0 aromatic carbocycles. The first kappa shape index (κ1) is 10.9. The maximum Gasteiger partial charge on any atom is 0.222 e. The van der Waals surface area contributed by atoms with E-state index in [4.69, 9.17) is 4.74 Å². The highest BCUT2D eigenvalue weighted by molar-refractivity contribution is 5.76. The predicted octanol–water partition coefficient (Wildman–Crippen LogP) is 1.81. The normalized spacial score (nSPS) is 34.1. The third-order valence-corrected chi connectivity index (χ3v) is 3.49. The lowest BCUT2D eigenvalue weighted by Crippen LogP contribution is -2.46. The zero-order valence-electron chi connectivity index (χ0n) is 9.90. The molecule has 1 saturated carbocycles. The summed E-state index contributed by atoms with van der Waals surface area (Å²) >= 11 is 0. The molecule has 1 aliphatic carbocycles. The van der Waals surface area contributed by atoms with E-state index in [1.54, 1.807) is 0 Å². The number of amides is 1. The summed E-state index contributed by atoms with van der Waals surface area (Å²) in [4.78, 5) is 13.7. The monoisotopic (exact) mass is 211 g/mol. The highest BCUT2D eigenvalue weighted by Crippen LogP contribution is 2.39. The van der Waals surface area contributed by atoms with E-state index in [1.807, 2.05) is 11.8 Å². The summed E-state index contributed by atoms with van der Waals surface area (Å²) in [7, 11) is 0. The van der Waals surface area contributed by atoms with Gasteiger partial charge >= 0.3 is 0 Å². The van der Waals surface area contributed by atoms with Crippen LogP contribution in [0.25, 0.3) is 0 Å². The van der Waals surface area contributed by atoms with Crippen molar-refractivity contribution in [3.63, 3.8) is 0 Å². The number of piperidine rings is 1. The summed E-state index contributed by atoms with van der Waals surface area (Å²) in [6.07, 6.45) is 3.49. The van der Waals surface area contributed by atoms with E-state index in [-0.39, 0.29) is 6.10 Å². The van der Waals surface area contributed by atoms with Crippen molar-refractivity contribution in [1.29, 1.82) is 0 Å². The lowest BCUT2D eigenvalue weighted by Gasteiger charge is -2.34. The lowest BCUT2D eigenvalue weighted by atomic mass is 10.1. The van der Waals surface area contributed by atoms with Crippen molar-refractivity contribution >= 4 is 5.91 Å². The Morgan fingerprint density at radius 1 is 1.47 bits per heavy atom. The SMILES string of the molecule is CCC(=O)N1CC2CC(OC(C)C)C1C2. The molecule has 2 aliphatic rings. The zero-order chi connectivity index (χ0) is 11.0. The Kier molecular flexibility index (Phi) is 3.01. The molecule has 2 fully saturated rings. The fourth-order valence-electron chi connectivity index (χ4n) is 2.95. The molecule has 0 spiro atoms. The van der Waals surface area contributed by atoms with Gasteiger partial charge in [-0.1, -0.05) is 6.92 Å². The number of likely N-dealkylation sites (tertiary alicyclic amines) is 1. The first-order valence-electron chi connectivity index (χ1n) is 6.06. The molecule has 0 radical (unpaired) electrons. The number of fused-ring (bicyclic) bond motifs is 2. The van der Waals surface area contributed by atoms with Crippen LogP contribution < -0.4 is 0 Å². The summed E-state index contributed by atoms with van der Waals surface area (Å²) in [6.45, 7) is 7.04. The fourth-order valence-corrected chi connectivity index (χ4v) is 2.95. The van der Waals surface area contributed by atoms with E-state index in [0.717, 1.165) is 19.4 Å². The van der Waals surface area contributed by atoms with E-state index < -0.39 is 0 Å². The van der Waals surface area contributed by atoms with E-state index in [2.05, 4.69) is 13.8 Å². The minimum Gasteiger partial charge on any atom is -0.373 e. The maximum absolute atomic E-state index is 11.7. The van der Waals surface area contributed by atoms with Crippen molar-refractivity contribution in [2.24, 2.45) is 5.92 Å². The highest BCUT2D eigenvalue weighted by atomic mass is 16.5. The summed E-state index contributed by atoms with van der Waals surface area (Å²) < 4.78 is 5.88. The van der Waals surface area contributed by atoms with Crippen LogP contribution in [-0.4, -0.2) is 35.6 Å². The van der Waals surface area contributed by atoms with Crippen LogP contribution in [0.2, 0.25) is 0 Å². The smallest absolute Gasteiger partial charge is 0.222 e. The zero-order valence-corrected chi connectivity index (χ0v) is 9.90. The number of rotatable bonds is 3. The van der Waals surface area contributed by atoms with Gasteiger partial charge in [-0.15, -0.1) is 0 Å². The summed E-state index contributed by atoms with van der Waals surface area (Å²) in [6, 6.07) is 0.366. The van der Waals surface area contributed by atoms with E-state index in [0.29, 0.717) is 30.4 Å². The first-order chi connectivity index (χ1) is 7.11. The number of hydrogen-bond acceptors (Lipinski definition) is 2. The molecule has 2 bridgehead atoms. The largest absolute Gasteiger partial charge is 0.373 e. The van der Waals surface area contributed by atoms with Crippen LogP contribution in [0.5, 0.6) is 0 Å². The average molecular weight is 211 g/mol. The quantitative estimate of drug-likeness (QED) is 0.712. The molecule has 15 heavy (non-hydrogen) atoms. The Balaban J connectivity index is 1.99. The first-order valence-corrected chi connectivity index (χ1v) is 6.06. The molecule has 86 valence electrons. The molecule has 1 amide bonds. The van der Waals surface area contributed by atoms with Crippen LogP contribution in [-0.2, 0) is 9.53 Å². The molecule has 0 aromatic heterocycles. The predicted molar refractivity (Wildman–Crippen MR) is 58.5 cm³/mol. The Bertz CT molecular complexity index is 252. The molecule has 3 heteroatoms. The molecule has 0 aromatic rings. The Labute approximate surface area is 91.8 Å². The Hall–Kier alpha value is -0.570. The van der Waals surface area contributed by atoms with E-state index in [9.17, 15) is 4.79 Å². The fraction of sp³-hybridized carbons (Fsp3) is 0.917. The summed E-state index contributed by atoms with van der Waals surface area (Å²) in [5.74, 6) is 0.980. The van der Waals surface area contributed by atoms with Gasteiger partial charge in [-0.2, -0.15) is 0 Å². The summed E-state index contributed by atoms with van der Waals surface area (Å²) in [5, 5.41) is 0. The molecule has 1 heterocycles. The lowest BCUT2D eigenvalue weighted by molar-refractivity contribution is -0.137. The molecular weight excluding hydrogens is 190 g/mol. The van der Waals surface area contributed by atoms with Gasteiger partial charge in [-0.25, -0.2) is 0 Å². The van der Waals surface area contributed by atoms with Gasteiger partial charge < -0.3 is 9.64 Å². The molecule has 1 aliphatic heterocycles. The van der Waals surface area contributed by atoms with Crippen molar-refractivity contribution in [2.75, 3.05) is 6.54 Å². The minimum absolute atomic E-state index is 0.271. The van der Waals surface area contributed by atoms with Gasteiger partial charge in [0.2, 0.25) is 5.91 Å². The van der Waals surface area contributed by atoms with Crippen LogP contribution in [0.3, 0.4) is 0 Å². The van der Waals surface area contributed by atoms with Crippen molar-refractivity contribution in [1.82, 2.24) is 4.90 Å². The number of hydrogen-bond donors (Lipinski definition) is 0. The number of carbonyl (C=O) groups excluding carboxylic acids is 1. The van der Waals surface area contributed by atoms with Crippen LogP contribution in [0.1, 0.15) is 40.0 Å². The molecule has 1 saturated heterocycles. The van der Waals surface area contributed by atoms with Crippen LogP contribution in [0, 0.1) is 5.92 Å². The van der Waals surface area contributed by atoms with Gasteiger partial charge in [0.1, 0.15) is 0 Å². The average Bonchev–Trinajstić information content (AvgIpc) is 2.74. The van der Waals surface area contributed by atoms with Gasteiger partial charge in [-0.3, -0.25) is 4.79 Å². The van der Waals surface area contributed by atoms with Gasteiger partial charge in [0.15, 0.2) is 0 Å². The maximum atomic E-state index is 11.7. The van der Waals surface area contributed by atoms with Gasteiger partial charge in [0.25, 0.3) is 0 Å². The standard InChI is InChI=1S/C12H21NO2/c1-4-12(14)13-7-9-5-10(13)11(6-9)15-8(2)3/h8-11H,4-7H2,1-3H3. The van der Waals surface area contributed by atoms with E-state index >= 15 is 0 Å². The van der Waals surface area contributed by atoms with Crippen LogP contribution >= 0.6 is 0 Å². The highest BCUT2D eigenvalue weighted by Gasteiger charge is 2.47. The van der Waals surface area contributed by atoms with E-state index in [1.165, 1.54) is 0 Å². The van der Waals surface area contributed by atoms with Gasteiger partial charge in [0.05, 0.1) is 18.2 Å².